The Balaban J connectivity index is 2.08. The molecule has 4 nitrogen and oxygen atoms in total. The van der Waals surface area contributed by atoms with E-state index in [4.69, 9.17) is 9.84 Å². The third-order valence-electron chi connectivity index (χ3n) is 3.63. The van der Waals surface area contributed by atoms with Gasteiger partial charge >= 0.3 is 0 Å². The summed E-state index contributed by atoms with van der Waals surface area (Å²) in [7, 11) is 0. The van der Waals surface area contributed by atoms with E-state index in [0.717, 1.165) is 18.7 Å². The Morgan fingerprint density at radius 1 is 1.35 bits per heavy atom. The maximum atomic E-state index is 14.3. The number of rotatable bonds is 5. The van der Waals surface area contributed by atoms with E-state index in [1.54, 1.807) is 6.07 Å². The van der Waals surface area contributed by atoms with E-state index >= 15 is 0 Å². The Morgan fingerprint density at radius 3 is 2.65 bits per heavy atom. The minimum atomic E-state index is -0.199. The molecule has 0 amide bonds. The zero-order valence-electron chi connectivity index (χ0n) is 12.1. The number of halogens is 1. The lowest BCUT2D eigenvalue weighted by Crippen LogP contribution is -2.36. The Morgan fingerprint density at radius 2 is 2.05 bits per heavy atom. The first-order chi connectivity index (χ1) is 9.61. The van der Waals surface area contributed by atoms with Crippen LogP contribution in [0.15, 0.2) is 18.2 Å². The average molecular weight is 282 g/mol. The van der Waals surface area contributed by atoms with Gasteiger partial charge in [0.25, 0.3) is 0 Å². The first-order valence-electron chi connectivity index (χ1n) is 7.11. The van der Waals surface area contributed by atoms with E-state index in [2.05, 4.69) is 5.32 Å². The molecule has 1 aromatic carbocycles. The van der Waals surface area contributed by atoms with Gasteiger partial charge in [-0.2, -0.15) is 0 Å². The van der Waals surface area contributed by atoms with Crippen molar-refractivity contribution in [3.8, 4) is 0 Å². The molecule has 5 heteroatoms. The lowest BCUT2D eigenvalue weighted by Gasteiger charge is -2.29. The van der Waals surface area contributed by atoms with Crippen LogP contribution < -0.4 is 10.2 Å². The molecule has 1 aromatic rings. The van der Waals surface area contributed by atoms with Crippen LogP contribution in [0.1, 0.15) is 25.5 Å². The van der Waals surface area contributed by atoms with E-state index in [9.17, 15) is 4.39 Å². The van der Waals surface area contributed by atoms with E-state index in [1.807, 2.05) is 30.9 Å². The standard InChI is InChI=1S/C15H23FN2O2/c1-11(10-19)17-12(2)13-3-4-15(14(16)9-13)18-5-7-20-8-6-18/h3-4,9,11-12,17,19H,5-8,10H2,1-2H3/t11-,12?/m1/s1. The van der Waals surface area contributed by atoms with Crippen LogP contribution in [0.25, 0.3) is 0 Å². The highest BCUT2D eigenvalue weighted by molar-refractivity contribution is 5.49. The molecule has 0 aliphatic carbocycles. The fourth-order valence-electron chi connectivity index (χ4n) is 2.43. The highest BCUT2D eigenvalue weighted by atomic mass is 19.1. The van der Waals surface area contributed by atoms with Crippen LogP contribution >= 0.6 is 0 Å². The van der Waals surface area contributed by atoms with Crippen molar-refractivity contribution in [3.63, 3.8) is 0 Å². The van der Waals surface area contributed by atoms with E-state index in [-0.39, 0.29) is 24.5 Å². The molecule has 0 radical (unpaired) electrons. The molecule has 0 saturated carbocycles. The van der Waals surface area contributed by atoms with Crippen molar-refractivity contribution in [1.82, 2.24) is 5.32 Å². The highest BCUT2D eigenvalue weighted by Crippen LogP contribution is 2.24. The fraction of sp³-hybridized carbons (Fsp3) is 0.600. The molecule has 1 aliphatic rings. The number of hydrogen-bond donors (Lipinski definition) is 2. The number of aliphatic hydroxyl groups excluding tert-OH is 1. The van der Waals surface area contributed by atoms with Gasteiger partial charge < -0.3 is 20.1 Å². The summed E-state index contributed by atoms with van der Waals surface area (Å²) < 4.78 is 19.5. The van der Waals surface area contributed by atoms with Gasteiger partial charge in [-0.3, -0.25) is 0 Å². The second kappa shape index (κ2) is 7.02. The molecule has 0 spiro atoms. The second-order valence-corrected chi connectivity index (χ2v) is 5.28. The Hall–Kier alpha value is -1.17. The molecule has 1 saturated heterocycles. The molecule has 2 N–H and O–H groups in total. The lowest BCUT2D eigenvalue weighted by atomic mass is 10.1. The van der Waals surface area contributed by atoms with Gasteiger partial charge in [0.1, 0.15) is 5.82 Å². The monoisotopic (exact) mass is 282 g/mol. The lowest BCUT2D eigenvalue weighted by molar-refractivity contribution is 0.122. The maximum absolute atomic E-state index is 14.3. The van der Waals surface area contributed by atoms with Gasteiger partial charge in [-0.05, 0) is 31.5 Å². The summed E-state index contributed by atoms with van der Waals surface area (Å²) >= 11 is 0. The van der Waals surface area contributed by atoms with Crippen LogP contribution in [0.2, 0.25) is 0 Å². The van der Waals surface area contributed by atoms with Crippen molar-refractivity contribution < 1.29 is 14.2 Å². The molecule has 1 unspecified atom stereocenters. The summed E-state index contributed by atoms with van der Waals surface area (Å²) in [6.45, 7) is 6.68. The van der Waals surface area contributed by atoms with Crippen LogP contribution in [-0.2, 0) is 4.74 Å². The Kier molecular flexibility index (Phi) is 5.34. The smallest absolute Gasteiger partial charge is 0.146 e. The quantitative estimate of drug-likeness (QED) is 0.863. The topological polar surface area (TPSA) is 44.7 Å². The van der Waals surface area contributed by atoms with Crippen LogP contribution in [0.4, 0.5) is 10.1 Å². The predicted octanol–water partition coefficient (Wildman–Crippen LogP) is 1.69. The molecular weight excluding hydrogens is 259 g/mol. The van der Waals surface area contributed by atoms with Crippen LogP contribution in [-0.4, -0.2) is 44.1 Å². The highest BCUT2D eigenvalue weighted by Gasteiger charge is 2.17. The third-order valence-corrected chi connectivity index (χ3v) is 3.63. The first-order valence-corrected chi connectivity index (χ1v) is 7.11. The fourth-order valence-corrected chi connectivity index (χ4v) is 2.43. The zero-order valence-corrected chi connectivity index (χ0v) is 12.1. The number of ether oxygens (including phenoxy) is 1. The van der Waals surface area contributed by atoms with Crippen molar-refractivity contribution in [2.24, 2.45) is 0 Å². The number of nitrogens with one attached hydrogen (secondary N) is 1. The molecule has 20 heavy (non-hydrogen) atoms. The number of anilines is 1. The van der Waals surface area contributed by atoms with Crippen molar-refractivity contribution in [3.05, 3.63) is 29.6 Å². The van der Waals surface area contributed by atoms with E-state index in [0.29, 0.717) is 18.9 Å². The number of hydrogen-bond acceptors (Lipinski definition) is 4. The molecule has 1 heterocycles. The predicted molar refractivity (Wildman–Crippen MR) is 77.5 cm³/mol. The van der Waals surface area contributed by atoms with Crippen molar-refractivity contribution in [2.45, 2.75) is 25.9 Å². The average Bonchev–Trinajstić information content (AvgIpc) is 2.47. The maximum Gasteiger partial charge on any atom is 0.146 e. The van der Waals surface area contributed by atoms with Crippen LogP contribution in [0.3, 0.4) is 0 Å². The Bertz CT molecular complexity index is 436. The van der Waals surface area contributed by atoms with Gasteiger partial charge in [0.2, 0.25) is 0 Å². The number of nitrogens with zero attached hydrogens (tertiary/aromatic N) is 1. The molecule has 2 rings (SSSR count). The summed E-state index contributed by atoms with van der Waals surface area (Å²) in [5.41, 5.74) is 1.53. The Labute approximate surface area is 119 Å². The van der Waals surface area contributed by atoms with Crippen LogP contribution in [0.5, 0.6) is 0 Å². The molecule has 0 aromatic heterocycles. The summed E-state index contributed by atoms with van der Waals surface area (Å²) in [5, 5.41) is 12.3. The van der Waals surface area contributed by atoms with Gasteiger partial charge in [-0.25, -0.2) is 4.39 Å². The van der Waals surface area contributed by atoms with Gasteiger partial charge in [-0.15, -0.1) is 0 Å². The first kappa shape index (κ1) is 15.2. The summed E-state index contributed by atoms with van der Waals surface area (Å²) in [4.78, 5) is 2.01. The van der Waals surface area contributed by atoms with Gasteiger partial charge in [0, 0.05) is 25.2 Å². The number of morpholine rings is 1. The summed E-state index contributed by atoms with van der Waals surface area (Å²) in [6, 6.07) is 5.34. The zero-order chi connectivity index (χ0) is 14.5. The SMILES string of the molecule is CC(N[C@H](C)CO)c1ccc(N2CCOCC2)c(F)c1. The molecule has 2 atom stereocenters. The summed E-state index contributed by atoms with van der Waals surface area (Å²) in [5.74, 6) is -0.199. The largest absolute Gasteiger partial charge is 0.395 e. The van der Waals surface area contributed by atoms with Crippen LogP contribution in [0, 0.1) is 5.82 Å². The second-order valence-electron chi connectivity index (χ2n) is 5.28. The third kappa shape index (κ3) is 3.69. The van der Waals surface area contributed by atoms with E-state index < -0.39 is 0 Å². The number of benzene rings is 1. The summed E-state index contributed by atoms with van der Waals surface area (Å²) in [6.07, 6.45) is 0. The molecule has 1 aliphatic heterocycles. The van der Waals surface area contributed by atoms with Gasteiger partial charge in [0.15, 0.2) is 0 Å². The normalized spacial score (nSPS) is 18.9. The van der Waals surface area contributed by atoms with Gasteiger partial charge in [0.05, 0.1) is 25.5 Å². The minimum Gasteiger partial charge on any atom is -0.395 e. The molecular formula is C15H23FN2O2. The molecule has 0 bridgehead atoms. The van der Waals surface area contributed by atoms with Crippen molar-refractivity contribution in [1.29, 1.82) is 0 Å². The van der Waals surface area contributed by atoms with Gasteiger partial charge in [-0.1, -0.05) is 6.07 Å². The van der Waals surface area contributed by atoms with E-state index in [1.165, 1.54) is 0 Å². The van der Waals surface area contributed by atoms with Crippen molar-refractivity contribution >= 4 is 5.69 Å². The van der Waals surface area contributed by atoms with Crippen molar-refractivity contribution in [2.75, 3.05) is 37.8 Å². The molecule has 112 valence electrons. The molecule has 1 fully saturated rings. The number of aliphatic hydroxyl groups is 1. The minimum absolute atomic E-state index is 0.00499.